The molecule has 0 spiro atoms. The molecule has 0 unspecified atom stereocenters. The van der Waals surface area contributed by atoms with E-state index in [0.29, 0.717) is 30.6 Å². The fourth-order valence-corrected chi connectivity index (χ4v) is 3.20. The number of esters is 1. The van der Waals surface area contributed by atoms with Crippen LogP contribution in [0.15, 0.2) is 83.5 Å². The van der Waals surface area contributed by atoms with Gasteiger partial charge in [-0.2, -0.15) is 0 Å². The van der Waals surface area contributed by atoms with Crippen molar-refractivity contribution in [1.82, 2.24) is 0 Å². The molecule has 0 bridgehead atoms. The molecular weight excluding hydrogens is 390 g/mol. The summed E-state index contributed by atoms with van der Waals surface area (Å²) in [6.45, 7) is 4.92. The van der Waals surface area contributed by atoms with Crippen LogP contribution in [0.1, 0.15) is 29.2 Å². The molecule has 5 heteroatoms. The van der Waals surface area contributed by atoms with Crippen molar-refractivity contribution >= 4 is 17.9 Å². The Labute approximate surface area is 181 Å². The molecule has 5 nitrogen and oxygen atoms in total. The van der Waals surface area contributed by atoms with Crippen LogP contribution in [0.5, 0.6) is 11.5 Å². The van der Waals surface area contributed by atoms with Crippen molar-refractivity contribution < 1.29 is 19.0 Å². The smallest absolute Gasteiger partial charge is 0.363 e. The molecule has 1 heterocycles. The Kier molecular flexibility index (Phi) is 6.13. The van der Waals surface area contributed by atoms with Gasteiger partial charge in [-0.1, -0.05) is 48.5 Å². The standard InChI is InChI=1S/C26H23NO4/c1-3-29-24-16-19(13-14-23(24)30-17-21-12-8-7-9-18(21)2)15-22-26(28)31-25(27-22)20-10-5-4-6-11-20/h4-16H,3,17H2,1-2H3/b22-15-. The minimum atomic E-state index is -0.475. The average molecular weight is 413 g/mol. The van der Waals surface area contributed by atoms with E-state index in [0.717, 1.165) is 16.7 Å². The van der Waals surface area contributed by atoms with Gasteiger partial charge in [0.2, 0.25) is 5.90 Å². The van der Waals surface area contributed by atoms with Crippen LogP contribution in [0.2, 0.25) is 0 Å². The van der Waals surface area contributed by atoms with Crippen molar-refractivity contribution in [2.75, 3.05) is 6.61 Å². The fraction of sp³-hybridized carbons (Fsp3) is 0.154. The van der Waals surface area contributed by atoms with Crippen molar-refractivity contribution in [3.8, 4) is 11.5 Å². The molecule has 0 N–H and O–H groups in total. The molecule has 0 saturated carbocycles. The van der Waals surface area contributed by atoms with Gasteiger partial charge < -0.3 is 14.2 Å². The number of hydrogen-bond donors (Lipinski definition) is 0. The maximum Gasteiger partial charge on any atom is 0.363 e. The zero-order chi connectivity index (χ0) is 21.6. The molecule has 0 saturated heterocycles. The molecule has 0 aliphatic carbocycles. The number of carbonyl (C=O) groups is 1. The molecule has 0 amide bonds. The van der Waals surface area contributed by atoms with E-state index in [1.807, 2.05) is 73.7 Å². The molecule has 0 atom stereocenters. The largest absolute Gasteiger partial charge is 0.490 e. The van der Waals surface area contributed by atoms with Crippen molar-refractivity contribution in [1.29, 1.82) is 0 Å². The molecule has 4 rings (SSSR count). The highest BCUT2D eigenvalue weighted by molar-refractivity contribution is 6.12. The van der Waals surface area contributed by atoms with Gasteiger partial charge in [-0.3, -0.25) is 0 Å². The first-order valence-corrected chi connectivity index (χ1v) is 10.2. The topological polar surface area (TPSA) is 57.1 Å². The van der Waals surface area contributed by atoms with Crippen LogP contribution in [0.4, 0.5) is 0 Å². The van der Waals surface area contributed by atoms with Gasteiger partial charge in [0.1, 0.15) is 6.61 Å². The summed E-state index contributed by atoms with van der Waals surface area (Å²) in [6.07, 6.45) is 1.69. The SMILES string of the molecule is CCOc1cc(/C=C2\N=C(c3ccccc3)OC2=O)ccc1OCc1ccccc1C. The van der Waals surface area contributed by atoms with Gasteiger partial charge in [0.25, 0.3) is 0 Å². The molecule has 31 heavy (non-hydrogen) atoms. The normalized spacial score (nSPS) is 14.3. The highest BCUT2D eigenvalue weighted by Crippen LogP contribution is 2.31. The summed E-state index contributed by atoms with van der Waals surface area (Å²) in [5.41, 5.74) is 4.07. The highest BCUT2D eigenvalue weighted by atomic mass is 16.6. The Balaban J connectivity index is 1.56. The predicted molar refractivity (Wildman–Crippen MR) is 120 cm³/mol. The van der Waals surface area contributed by atoms with E-state index in [2.05, 4.69) is 18.0 Å². The van der Waals surface area contributed by atoms with E-state index in [1.54, 1.807) is 6.08 Å². The Morgan fingerprint density at radius 1 is 0.935 bits per heavy atom. The second-order valence-corrected chi connectivity index (χ2v) is 7.06. The average Bonchev–Trinajstić information content (AvgIpc) is 3.15. The predicted octanol–water partition coefficient (Wildman–Crippen LogP) is 5.32. The number of ether oxygens (including phenoxy) is 3. The molecule has 3 aromatic rings. The van der Waals surface area contributed by atoms with Crippen LogP contribution in [-0.2, 0) is 16.1 Å². The summed E-state index contributed by atoms with van der Waals surface area (Å²) in [7, 11) is 0. The van der Waals surface area contributed by atoms with E-state index in [4.69, 9.17) is 14.2 Å². The summed E-state index contributed by atoms with van der Waals surface area (Å²) < 4.78 is 17.1. The van der Waals surface area contributed by atoms with E-state index in [9.17, 15) is 4.79 Å². The van der Waals surface area contributed by atoms with Crippen LogP contribution in [0.25, 0.3) is 6.08 Å². The number of carbonyl (C=O) groups excluding carboxylic acids is 1. The Bertz CT molecular complexity index is 1150. The number of cyclic esters (lactones) is 1. The Morgan fingerprint density at radius 2 is 1.71 bits per heavy atom. The fourth-order valence-electron chi connectivity index (χ4n) is 3.20. The zero-order valence-corrected chi connectivity index (χ0v) is 17.5. The number of benzene rings is 3. The molecule has 156 valence electrons. The third kappa shape index (κ3) is 4.83. The van der Waals surface area contributed by atoms with Crippen molar-refractivity contribution in [2.24, 2.45) is 4.99 Å². The molecule has 0 fully saturated rings. The van der Waals surface area contributed by atoms with Crippen LogP contribution < -0.4 is 9.47 Å². The van der Waals surface area contributed by atoms with Crippen LogP contribution in [0.3, 0.4) is 0 Å². The first-order valence-electron chi connectivity index (χ1n) is 10.2. The van der Waals surface area contributed by atoms with Crippen LogP contribution >= 0.6 is 0 Å². The van der Waals surface area contributed by atoms with Gasteiger partial charge in [0.15, 0.2) is 17.2 Å². The lowest BCUT2D eigenvalue weighted by atomic mass is 10.1. The van der Waals surface area contributed by atoms with E-state index in [1.165, 1.54) is 5.56 Å². The van der Waals surface area contributed by atoms with Gasteiger partial charge >= 0.3 is 5.97 Å². The highest BCUT2D eigenvalue weighted by Gasteiger charge is 2.24. The minimum absolute atomic E-state index is 0.245. The first kappa shape index (κ1) is 20.4. The van der Waals surface area contributed by atoms with Gasteiger partial charge in [0, 0.05) is 5.56 Å². The van der Waals surface area contributed by atoms with Crippen LogP contribution in [-0.4, -0.2) is 18.5 Å². The summed E-state index contributed by atoms with van der Waals surface area (Å²) in [4.78, 5) is 16.6. The van der Waals surface area contributed by atoms with E-state index >= 15 is 0 Å². The Morgan fingerprint density at radius 3 is 2.48 bits per heavy atom. The molecular formula is C26H23NO4. The lowest BCUT2D eigenvalue weighted by Crippen LogP contribution is -2.05. The summed E-state index contributed by atoms with van der Waals surface area (Å²) in [5.74, 6) is 1.09. The van der Waals surface area contributed by atoms with Gasteiger partial charge in [-0.15, -0.1) is 0 Å². The lowest BCUT2D eigenvalue weighted by molar-refractivity contribution is -0.129. The summed E-state index contributed by atoms with van der Waals surface area (Å²) in [6, 6.07) is 23.0. The minimum Gasteiger partial charge on any atom is -0.490 e. The van der Waals surface area contributed by atoms with Gasteiger partial charge in [0.05, 0.1) is 6.61 Å². The Hall–Kier alpha value is -3.86. The molecule has 3 aromatic carbocycles. The van der Waals surface area contributed by atoms with Crippen molar-refractivity contribution in [3.05, 3.63) is 101 Å². The summed E-state index contributed by atoms with van der Waals surface area (Å²) in [5, 5.41) is 0. The number of nitrogens with zero attached hydrogens (tertiary/aromatic N) is 1. The number of aliphatic imine (C=N–C) groups is 1. The zero-order valence-electron chi connectivity index (χ0n) is 17.5. The molecule has 1 aliphatic rings. The molecule has 0 aromatic heterocycles. The lowest BCUT2D eigenvalue weighted by Gasteiger charge is -2.13. The molecule has 1 aliphatic heterocycles. The monoisotopic (exact) mass is 413 g/mol. The summed E-state index contributed by atoms with van der Waals surface area (Å²) >= 11 is 0. The number of rotatable bonds is 7. The molecule has 0 radical (unpaired) electrons. The van der Waals surface area contributed by atoms with Crippen molar-refractivity contribution in [2.45, 2.75) is 20.5 Å². The quantitative estimate of drug-likeness (QED) is 0.389. The van der Waals surface area contributed by atoms with Crippen molar-refractivity contribution in [3.63, 3.8) is 0 Å². The number of aryl methyl sites for hydroxylation is 1. The second-order valence-electron chi connectivity index (χ2n) is 7.06. The van der Waals surface area contributed by atoms with Gasteiger partial charge in [-0.05, 0) is 60.9 Å². The third-order valence-corrected chi connectivity index (χ3v) is 4.86. The second kappa shape index (κ2) is 9.30. The number of hydrogen-bond acceptors (Lipinski definition) is 5. The first-order chi connectivity index (χ1) is 15.1. The maximum absolute atomic E-state index is 12.3. The maximum atomic E-state index is 12.3. The van der Waals surface area contributed by atoms with Gasteiger partial charge in [-0.25, -0.2) is 9.79 Å². The van der Waals surface area contributed by atoms with Crippen LogP contribution in [0, 0.1) is 6.92 Å². The van der Waals surface area contributed by atoms with E-state index in [-0.39, 0.29) is 5.70 Å². The third-order valence-electron chi connectivity index (χ3n) is 4.86. The van der Waals surface area contributed by atoms with E-state index < -0.39 is 5.97 Å².